The molecule has 2 heterocycles. The fraction of sp³-hybridized carbons (Fsp3) is 0.435. The number of rotatable bonds is 9. The van der Waals surface area contributed by atoms with Crippen LogP contribution in [0.2, 0.25) is 0 Å². The summed E-state index contributed by atoms with van der Waals surface area (Å²) in [6, 6.07) is 22.6. The summed E-state index contributed by atoms with van der Waals surface area (Å²) in [7, 11) is 0. The van der Waals surface area contributed by atoms with Gasteiger partial charge >= 0.3 is 24.1 Å². The quantitative estimate of drug-likeness (QED) is 0.138. The summed E-state index contributed by atoms with van der Waals surface area (Å²) in [5.74, 6) is -6.27. The van der Waals surface area contributed by atoms with Crippen molar-refractivity contribution in [2.45, 2.75) is 101 Å². The maximum atomic E-state index is 15.2. The molecule has 326 valence electrons. The highest BCUT2D eigenvalue weighted by molar-refractivity contribution is 5.96. The number of amides is 1. The van der Waals surface area contributed by atoms with Crippen LogP contribution in [0.3, 0.4) is 0 Å². The minimum absolute atomic E-state index is 0.0277. The number of fused-ring (bicyclic) bond motifs is 4. The zero-order valence-electron chi connectivity index (χ0n) is 34.5. The van der Waals surface area contributed by atoms with Gasteiger partial charge in [-0.05, 0) is 54.8 Å². The number of benzene rings is 3. The Morgan fingerprint density at radius 3 is 2.03 bits per heavy atom. The van der Waals surface area contributed by atoms with Crippen LogP contribution in [0.1, 0.15) is 73.4 Å². The molecule has 0 radical (unpaired) electrons. The van der Waals surface area contributed by atoms with Crippen LogP contribution in [0, 0.1) is 16.7 Å². The van der Waals surface area contributed by atoms with Crippen molar-refractivity contribution < 1.29 is 72.5 Å². The van der Waals surface area contributed by atoms with Gasteiger partial charge in [-0.15, -0.1) is 0 Å². The molecule has 0 unspecified atom stereocenters. The highest BCUT2D eigenvalue weighted by Gasteiger charge is 2.83. The third kappa shape index (κ3) is 6.33. The van der Waals surface area contributed by atoms with Crippen molar-refractivity contribution in [2.75, 3.05) is 6.61 Å². The number of nitrogens with one attached hydrogen (secondary N) is 1. The van der Waals surface area contributed by atoms with E-state index in [1.807, 2.05) is 0 Å². The SMILES string of the molecule is CC(=O)O[C@@]12CO[C@@H]1C[C@H](O)[C@@]1(C)C(=O)[C@H](O)C3=C(C)[C@@H](OC(=O)[C@H](O)[C@@H](NC(=O)c4ccccc4)c4ccccc4)[C@@H]4OC(=O)O[C@]4([C@@H](OC(=O)c4ccccc4)[C@H]21)C3(C)C. The number of ketones is 1. The van der Waals surface area contributed by atoms with E-state index in [-0.39, 0.29) is 35.3 Å². The Kier molecular flexibility index (Phi) is 10.6. The molecule has 16 nitrogen and oxygen atoms in total. The van der Waals surface area contributed by atoms with Crippen molar-refractivity contribution in [3.8, 4) is 0 Å². The Morgan fingerprint density at radius 1 is 0.855 bits per heavy atom. The first kappa shape index (κ1) is 42.7. The van der Waals surface area contributed by atoms with Crippen molar-refractivity contribution in [1.82, 2.24) is 5.32 Å². The van der Waals surface area contributed by atoms with Crippen LogP contribution < -0.4 is 5.32 Å². The summed E-state index contributed by atoms with van der Waals surface area (Å²) in [5, 5.41) is 38.9. The summed E-state index contributed by atoms with van der Waals surface area (Å²) in [4.78, 5) is 84.3. The number of carbonyl (C=O) groups excluding carboxylic acids is 6. The Balaban J connectivity index is 1.30. The molecule has 3 aromatic rings. The van der Waals surface area contributed by atoms with Gasteiger partial charge in [-0.25, -0.2) is 14.4 Å². The second-order valence-electron chi connectivity index (χ2n) is 17.3. The predicted molar refractivity (Wildman–Crippen MR) is 213 cm³/mol. The lowest BCUT2D eigenvalue weighted by atomic mass is 9.44. The number of Topliss-reactive ketones (excluding diaryl/α,β-unsaturated/α-hetero) is 1. The van der Waals surface area contributed by atoms with E-state index in [1.54, 1.807) is 78.9 Å². The molecule has 4 N–H and O–H groups in total. The van der Waals surface area contributed by atoms with Crippen LogP contribution in [0.25, 0.3) is 0 Å². The number of hydrogen-bond acceptors (Lipinski definition) is 15. The van der Waals surface area contributed by atoms with E-state index in [1.165, 1.54) is 39.8 Å². The number of carbonyl (C=O) groups is 6. The Labute approximate surface area is 356 Å². The van der Waals surface area contributed by atoms with Crippen molar-refractivity contribution >= 4 is 35.8 Å². The normalized spacial score (nSPS) is 33.8. The van der Waals surface area contributed by atoms with E-state index < -0.39 is 112 Å². The topological polar surface area (TPSA) is 231 Å². The molecule has 2 bridgehead atoms. The number of hydrogen-bond donors (Lipinski definition) is 4. The van der Waals surface area contributed by atoms with Gasteiger partial charge in [-0.1, -0.05) is 80.6 Å². The maximum Gasteiger partial charge on any atom is 0.509 e. The first-order valence-corrected chi connectivity index (χ1v) is 20.3. The van der Waals surface area contributed by atoms with Gasteiger partial charge in [0, 0.05) is 24.3 Å². The Bertz CT molecular complexity index is 2330. The maximum absolute atomic E-state index is 15.2. The van der Waals surface area contributed by atoms with Crippen LogP contribution in [0.5, 0.6) is 0 Å². The zero-order chi connectivity index (χ0) is 44.5. The van der Waals surface area contributed by atoms with Crippen molar-refractivity contribution in [3.05, 3.63) is 119 Å². The molecule has 1 spiro atoms. The summed E-state index contributed by atoms with van der Waals surface area (Å²) in [6.07, 6.45) is -13.7. The minimum Gasteiger partial charge on any atom is -0.454 e. The average Bonchev–Trinajstić information content (AvgIpc) is 3.62. The largest absolute Gasteiger partial charge is 0.509 e. The monoisotopic (exact) mass is 853 g/mol. The third-order valence-electron chi connectivity index (χ3n) is 13.7. The predicted octanol–water partition coefficient (Wildman–Crippen LogP) is 3.32. The standard InChI is InChI=1S/C46H47NO15/c1-23-30-32(50)36(52)44(5)28(49)21-29-45(22-57-29,61-24(2)48)35(44)38(59-40(54)27-19-13-8-14-20-27)46(43(30,3)4)37(60-42(56)62-46)34(23)58-41(55)33(51)31(25-15-9-6-10-16-25)47-39(53)26-17-11-7-12-18-26/h6-20,28-29,31-35,37-38,49-51H,21-22H2,1-5H3,(H,47,53)/t28-,29+,31-,32+,33+,34+,35-,37-,38-,44+,45-,46+/m0/s1. The fourth-order valence-corrected chi connectivity index (χ4v) is 10.7. The molecular formula is C46H47NO15. The van der Waals surface area contributed by atoms with Gasteiger partial charge in [0.2, 0.25) is 5.60 Å². The molecule has 2 saturated carbocycles. The molecule has 4 fully saturated rings. The molecule has 2 saturated heterocycles. The summed E-state index contributed by atoms with van der Waals surface area (Å²) in [5.41, 5.74) is -7.45. The van der Waals surface area contributed by atoms with E-state index in [2.05, 4.69) is 5.32 Å². The van der Waals surface area contributed by atoms with Gasteiger partial charge in [-0.3, -0.25) is 14.4 Å². The number of ether oxygens (including phenoxy) is 6. The highest BCUT2D eigenvalue weighted by atomic mass is 16.8. The van der Waals surface area contributed by atoms with Crippen molar-refractivity contribution in [2.24, 2.45) is 16.7 Å². The smallest absolute Gasteiger partial charge is 0.454 e. The minimum atomic E-state index is -2.34. The third-order valence-corrected chi connectivity index (χ3v) is 13.7. The van der Waals surface area contributed by atoms with Crippen molar-refractivity contribution in [3.63, 3.8) is 0 Å². The first-order chi connectivity index (χ1) is 29.4. The lowest BCUT2D eigenvalue weighted by Crippen LogP contribution is -2.83. The van der Waals surface area contributed by atoms with Crippen LogP contribution in [-0.2, 0) is 42.8 Å². The van der Waals surface area contributed by atoms with Gasteiger partial charge in [-0.2, -0.15) is 0 Å². The second kappa shape index (κ2) is 15.4. The lowest BCUT2D eigenvalue weighted by Gasteiger charge is -2.67. The van der Waals surface area contributed by atoms with E-state index in [9.17, 15) is 39.3 Å². The van der Waals surface area contributed by atoms with Crippen molar-refractivity contribution in [1.29, 1.82) is 0 Å². The van der Waals surface area contributed by atoms with Gasteiger partial charge in [0.25, 0.3) is 5.91 Å². The second-order valence-corrected chi connectivity index (χ2v) is 17.3. The molecule has 2 aliphatic heterocycles. The van der Waals surface area contributed by atoms with E-state index in [0.29, 0.717) is 5.56 Å². The molecular weight excluding hydrogens is 806 g/mol. The van der Waals surface area contributed by atoms with E-state index >= 15 is 4.79 Å². The molecule has 3 aliphatic carbocycles. The molecule has 62 heavy (non-hydrogen) atoms. The molecule has 8 rings (SSSR count). The number of aliphatic hydroxyl groups excluding tert-OH is 3. The molecule has 1 amide bonds. The van der Waals surface area contributed by atoms with E-state index in [0.717, 1.165) is 6.92 Å². The Hall–Kier alpha value is -5.94. The molecule has 5 aliphatic rings. The van der Waals surface area contributed by atoms with Crippen LogP contribution in [0.4, 0.5) is 4.79 Å². The summed E-state index contributed by atoms with van der Waals surface area (Å²) < 4.78 is 36.7. The Morgan fingerprint density at radius 2 is 1.45 bits per heavy atom. The molecule has 16 heteroatoms. The van der Waals surface area contributed by atoms with Gasteiger partial charge in [0.1, 0.15) is 12.2 Å². The lowest BCUT2D eigenvalue weighted by molar-refractivity contribution is -0.345. The molecule has 3 aromatic carbocycles. The van der Waals surface area contributed by atoms with E-state index in [4.69, 9.17) is 28.4 Å². The molecule has 0 aromatic heterocycles. The number of esters is 3. The number of aliphatic hydroxyl groups is 3. The highest BCUT2D eigenvalue weighted by Crippen LogP contribution is 2.66. The summed E-state index contributed by atoms with van der Waals surface area (Å²) in [6.45, 7) is 6.67. The fourth-order valence-electron chi connectivity index (χ4n) is 10.7. The van der Waals surface area contributed by atoms with Crippen LogP contribution in [-0.4, -0.2) is 112 Å². The first-order valence-electron chi connectivity index (χ1n) is 20.3. The molecule has 12 atom stereocenters. The van der Waals surface area contributed by atoms with Gasteiger partial charge in [0.05, 0.1) is 35.6 Å². The zero-order valence-corrected chi connectivity index (χ0v) is 34.5. The average molecular weight is 854 g/mol. The van der Waals surface area contributed by atoms with Gasteiger partial charge in [0.15, 0.2) is 35.8 Å². The summed E-state index contributed by atoms with van der Waals surface area (Å²) >= 11 is 0. The van der Waals surface area contributed by atoms with Crippen LogP contribution in [0.15, 0.2) is 102 Å². The van der Waals surface area contributed by atoms with Gasteiger partial charge < -0.3 is 49.1 Å². The van der Waals surface area contributed by atoms with Crippen LogP contribution >= 0.6 is 0 Å².